The summed E-state index contributed by atoms with van der Waals surface area (Å²) in [7, 11) is 0. The SMILES string of the molecule is CC(OC(=O)C(Cc1ccccc1)NC(=O)c1cccs1)C(=O)NCc1ccco1. The Bertz CT molecular complexity index is 955. The highest BCUT2D eigenvalue weighted by molar-refractivity contribution is 7.12. The van der Waals surface area contributed by atoms with Gasteiger partial charge >= 0.3 is 5.97 Å². The second kappa shape index (κ2) is 10.4. The molecule has 0 aliphatic heterocycles. The summed E-state index contributed by atoms with van der Waals surface area (Å²) in [6.45, 7) is 1.67. The van der Waals surface area contributed by atoms with Gasteiger partial charge in [-0.2, -0.15) is 0 Å². The molecule has 0 radical (unpaired) electrons. The van der Waals surface area contributed by atoms with Crippen LogP contribution in [0.25, 0.3) is 0 Å². The van der Waals surface area contributed by atoms with E-state index in [2.05, 4.69) is 10.6 Å². The normalized spacial score (nSPS) is 12.6. The van der Waals surface area contributed by atoms with Crippen molar-refractivity contribution in [2.24, 2.45) is 0 Å². The minimum absolute atomic E-state index is 0.191. The number of furan rings is 1. The van der Waals surface area contributed by atoms with Crippen LogP contribution in [-0.4, -0.2) is 29.9 Å². The number of esters is 1. The van der Waals surface area contributed by atoms with Crippen LogP contribution in [0, 0.1) is 0 Å². The summed E-state index contributed by atoms with van der Waals surface area (Å²) in [6.07, 6.45) is 0.733. The molecule has 0 spiro atoms. The lowest BCUT2D eigenvalue weighted by molar-refractivity contribution is -0.156. The van der Waals surface area contributed by atoms with Gasteiger partial charge in [0.05, 0.1) is 17.7 Å². The topological polar surface area (TPSA) is 97.6 Å². The van der Waals surface area contributed by atoms with Gasteiger partial charge in [0.25, 0.3) is 11.8 Å². The molecule has 8 heteroatoms. The van der Waals surface area contributed by atoms with Crippen LogP contribution in [0.2, 0.25) is 0 Å². The first-order chi connectivity index (χ1) is 14.5. The highest BCUT2D eigenvalue weighted by Crippen LogP contribution is 2.11. The zero-order valence-corrected chi connectivity index (χ0v) is 17.2. The van der Waals surface area contributed by atoms with Crippen molar-refractivity contribution in [1.29, 1.82) is 0 Å². The molecule has 2 heterocycles. The molecule has 2 unspecified atom stereocenters. The number of carbonyl (C=O) groups excluding carboxylic acids is 3. The van der Waals surface area contributed by atoms with E-state index in [9.17, 15) is 14.4 Å². The second-order valence-corrected chi connectivity index (χ2v) is 7.52. The van der Waals surface area contributed by atoms with Crippen LogP contribution < -0.4 is 10.6 Å². The van der Waals surface area contributed by atoms with Crippen molar-refractivity contribution in [3.05, 3.63) is 82.4 Å². The number of nitrogens with one attached hydrogen (secondary N) is 2. The summed E-state index contributed by atoms with van der Waals surface area (Å²) in [5, 5.41) is 7.15. The number of amides is 2. The summed E-state index contributed by atoms with van der Waals surface area (Å²) in [4.78, 5) is 38.0. The molecule has 2 aromatic heterocycles. The van der Waals surface area contributed by atoms with E-state index in [4.69, 9.17) is 9.15 Å². The fraction of sp³-hybridized carbons (Fsp3) is 0.227. The van der Waals surface area contributed by atoms with Gasteiger partial charge in [-0.15, -0.1) is 11.3 Å². The van der Waals surface area contributed by atoms with Crippen molar-refractivity contribution in [3.8, 4) is 0 Å². The molecule has 0 saturated heterocycles. The summed E-state index contributed by atoms with van der Waals surface area (Å²) in [6, 6.07) is 15.2. The van der Waals surface area contributed by atoms with Crippen LogP contribution in [0.15, 0.2) is 70.7 Å². The molecule has 0 aliphatic carbocycles. The van der Waals surface area contributed by atoms with Gasteiger partial charge in [-0.1, -0.05) is 36.4 Å². The van der Waals surface area contributed by atoms with Crippen molar-refractivity contribution in [3.63, 3.8) is 0 Å². The van der Waals surface area contributed by atoms with Crippen LogP contribution in [0.4, 0.5) is 0 Å². The smallest absolute Gasteiger partial charge is 0.329 e. The molecule has 3 aromatic rings. The summed E-state index contributed by atoms with van der Waals surface area (Å²) in [5.74, 6) is -0.906. The third-order valence-corrected chi connectivity index (χ3v) is 5.17. The van der Waals surface area contributed by atoms with Crippen molar-refractivity contribution >= 4 is 29.1 Å². The van der Waals surface area contributed by atoms with E-state index in [1.54, 1.807) is 29.6 Å². The molecule has 2 amide bonds. The van der Waals surface area contributed by atoms with Gasteiger partial charge in [0, 0.05) is 6.42 Å². The highest BCUT2D eigenvalue weighted by atomic mass is 32.1. The average molecular weight is 426 g/mol. The third-order valence-electron chi connectivity index (χ3n) is 4.30. The van der Waals surface area contributed by atoms with E-state index in [1.165, 1.54) is 24.5 Å². The Morgan fingerprint density at radius 1 is 1.07 bits per heavy atom. The number of benzene rings is 1. The largest absolute Gasteiger partial charge is 0.467 e. The van der Waals surface area contributed by atoms with Gasteiger partial charge in [0.1, 0.15) is 11.8 Å². The number of rotatable bonds is 9. The van der Waals surface area contributed by atoms with E-state index in [0.717, 1.165) is 5.56 Å². The fourth-order valence-electron chi connectivity index (χ4n) is 2.72. The van der Waals surface area contributed by atoms with Crippen molar-refractivity contribution < 1.29 is 23.5 Å². The van der Waals surface area contributed by atoms with Gasteiger partial charge in [-0.3, -0.25) is 9.59 Å². The maximum absolute atomic E-state index is 12.8. The lowest BCUT2D eigenvalue weighted by atomic mass is 10.1. The van der Waals surface area contributed by atoms with Crippen molar-refractivity contribution in [2.75, 3.05) is 0 Å². The first kappa shape index (κ1) is 21.3. The summed E-state index contributed by atoms with van der Waals surface area (Å²) in [5.41, 5.74) is 0.862. The third kappa shape index (κ3) is 6.05. The molecule has 1 aromatic carbocycles. The van der Waals surface area contributed by atoms with E-state index in [1.807, 2.05) is 30.3 Å². The Hall–Kier alpha value is -3.39. The monoisotopic (exact) mass is 426 g/mol. The quantitative estimate of drug-likeness (QED) is 0.513. The van der Waals surface area contributed by atoms with Gasteiger partial charge in [-0.05, 0) is 36.1 Å². The maximum Gasteiger partial charge on any atom is 0.329 e. The standard InChI is InChI=1S/C22H22N2O5S/c1-15(20(25)23-14-17-9-5-11-28-17)29-22(27)18(13-16-7-3-2-4-8-16)24-21(26)19-10-6-12-30-19/h2-12,15,18H,13-14H2,1H3,(H,23,25)(H,24,26). The number of thiophene rings is 1. The Labute approximate surface area is 178 Å². The Kier molecular flexibility index (Phi) is 7.40. The molecular weight excluding hydrogens is 404 g/mol. The maximum atomic E-state index is 12.8. The molecule has 2 N–H and O–H groups in total. The van der Waals surface area contributed by atoms with E-state index in [-0.39, 0.29) is 18.9 Å². The Morgan fingerprint density at radius 2 is 1.87 bits per heavy atom. The fourth-order valence-corrected chi connectivity index (χ4v) is 3.35. The minimum atomic E-state index is -1.02. The summed E-state index contributed by atoms with van der Waals surface area (Å²) < 4.78 is 10.5. The Balaban J connectivity index is 1.62. The number of hydrogen-bond donors (Lipinski definition) is 2. The molecule has 0 aliphatic rings. The molecule has 0 bridgehead atoms. The van der Waals surface area contributed by atoms with Crippen molar-refractivity contribution in [1.82, 2.24) is 10.6 Å². The molecule has 3 rings (SSSR count). The van der Waals surface area contributed by atoms with Gasteiger partial charge in [0.2, 0.25) is 0 Å². The Morgan fingerprint density at radius 3 is 2.53 bits per heavy atom. The van der Waals surface area contributed by atoms with Crippen LogP contribution in [0.1, 0.15) is 27.9 Å². The first-order valence-electron chi connectivity index (χ1n) is 9.42. The highest BCUT2D eigenvalue weighted by Gasteiger charge is 2.27. The molecule has 0 saturated carbocycles. The second-order valence-electron chi connectivity index (χ2n) is 6.57. The van der Waals surface area contributed by atoms with Crippen LogP contribution in [-0.2, 0) is 27.3 Å². The molecule has 2 atom stereocenters. The average Bonchev–Trinajstić information content (AvgIpc) is 3.46. The van der Waals surface area contributed by atoms with E-state index < -0.39 is 24.0 Å². The molecule has 0 fully saturated rings. The summed E-state index contributed by atoms with van der Waals surface area (Å²) >= 11 is 1.28. The molecule has 156 valence electrons. The predicted octanol–water partition coefficient (Wildman–Crippen LogP) is 2.93. The van der Waals surface area contributed by atoms with Crippen LogP contribution in [0.5, 0.6) is 0 Å². The number of hydrogen-bond acceptors (Lipinski definition) is 6. The molecule has 30 heavy (non-hydrogen) atoms. The van der Waals surface area contributed by atoms with E-state index in [0.29, 0.717) is 10.6 Å². The van der Waals surface area contributed by atoms with Crippen LogP contribution in [0.3, 0.4) is 0 Å². The lowest BCUT2D eigenvalue weighted by Crippen LogP contribution is -2.46. The zero-order valence-electron chi connectivity index (χ0n) is 16.4. The molecular formula is C22H22N2O5S. The van der Waals surface area contributed by atoms with Gasteiger partial charge < -0.3 is 19.8 Å². The zero-order chi connectivity index (χ0) is 21.3. The van der Waals surface area contributed by atoms with Crippen molar-refractivity contribution in [2.45, 2.75) is 32.0 Å². The first-order valence-corrected chi connectivity index (χ1v) is 10.3. The predicted molar refractivity (Wildman–Crippen MR) is 112 cm³/mol. The number of ether oxygens (including phenoxy) is 1. The van der Waals surface area contributed by atoms with E-state index >= 15 is 0 Å². The van der Waals surface area contributed by atoms with Crippen LogP contribution >= 0.6 is 11.3 Å². The van der Waals surface area contributed by atoms with Gasteiger partial charge in [-0.25, -0.2) is 4.79 Å². The molecule has 7 nitrogen and oxygen atoms in total. The minimum Gasteiger partial charge on any atom is -0.467 e. The number of carbonyl (C=O) groups is 3. The lowest BCUT2D eigenvalue weighted by Gasteiger charge is -2.20. The van der Waals surface area contributed by atoms with Gasteiger partial charge in [0.15, 0.2) is 6.10 Å².